The number of hydrogen-bond acceptors (Lipinski definition) is 5. The molecular weight excluding hydrogens is 236 g/mol. The predicted octanol–water partition coefficient (Wildman–Crippen LogP) is 1.50. The first kappa shape index (κ1) is 11.4. The lowest BCUT2D eigenvalue weighted by Crippen LogP contribution is -2.05. The third-order valence-electron chi connectivity index (χ3n) is 2.08. The van der Waals surface area contributed by atoms with E-state index in [0.29, 0.717) is 15.7 Å². The highest BCUT2D eigenvalue weighted by atomic mass is 32.2. The lowest BCUT2D eigenvalue weighted by atomic mass is 10.2. The second-order valence-electron chi connectivity index (χ2n) is 3.26. The molecule has 2 heterocycles. The van der Waals surface area contributed by atoms with Crippen LogP contribution in [0.15, 0.2) is 39.5 Å². The lowest BCUT2D eigenvalue weighted by Gasteiger charge is -2.03. The molecule has 5 nitrogen and oxygen atoms in total. The third kappa shape index (κ3) is 2.52. The van der Waals surface area contributed by atoms with Crippen molar-refractivity contribution < 1.29 is 0 Å². The Hall–Kier alpha value is -2.13. The topological polar surface area (TPSA) is 82.4 Å². The van der Waals surface area contributed by atoms with Crippen LogP contribution < -0.4 is 5.56 Å². The van der Waals surface area contributed by atoms with E-state index in [4.69, 9.17) is 5.26 Å². The van der Waals surface area contributed by atoms with Gasteiger partial charge in [0.05, 0.1) is 5.56 Å². The molecule has 0 spiro atoms. The quantitative estimate of drug-likeness (QED) is 0.809. The Kier molecular flexibility index (Phi) is 3.21. The Morgan fingerprint density at radius 2 is 2.12 bits per heavy atom. The zero-order valence-corrected chi connectivity index (χ0v) is 9.78. The summed E-state index contributed by atoms with van der Waals surface area (Å²) in [6.07, 6.45) is 3.04. The first-order valence-electron chi connectivity index (χ1n) is 4.79. The number of nitrogens with one attached hydrogen (secondary N) is 1. The molecule has 0 amide bonds. The van der Waals surface area contributed by atoms with Crippen molar-refractivity contribution in [2.75, 3.05) is 0 Å². The van der Waals surface area contributed by atoms with Crippen LogP contribution in [0, 0.1) is 18.3 Å². The average Bonchev–Trinajstić information content (AvgIpc) is 2.29. The first-order chi connectivity index (χ1) is 8.20. The SMILES string of the molecule is Cc1ccnc(Sc2nccc(=O)[nH]2)c1C#N. The highest BCUT2D eigenvalue weighted by molar-refractivity contribution is 7.99. The molecule has 0 unspecified atom stereocenters. The van der Waals surface area contributed by atoms with E-state index in [1.165, 1.54) is 24.0 Å². The minimum absolute atomic E-state index is 0.228. The zero-order valence-electron chi connectivity index (χ0n) is 8.97. The maximum Gasteiger partial charge on any atom is 0.251 e. The molecule has 6 heteroatoms. The molecule has 0 atom stereocenters. The van der Waals surface area contributed by atoms with Crippen LogP contribution in [-0.4, -0.2) is 15.0 Å². The van der Waals surface area contributed by atoms with Crippen LogP contribution in [0.3, 0.4) is 0 Å². The molecule has 0 aliphatic heterocycles. The lowest BCUT2D eigenvalue weighted by molar-refractivity contribution is 0.930. The monoisotopic (exact) mass is 244 g/mol. The van der Waals surface area contributed by atoms with Crippen LogP contribution in [-0.2, 0) is 0 Å². The highest BCUT2D eigenvalue weighted by Gasteiger charge is 2.09. The van der Waals surface area contributed by atoms with Gasteiger partial charge in [0.1, 0.15) is 11.1 Å². The van der Waals surface area contributed by atoms with E-state index in [1.807, 2.05) is 6.92 Å². The molecule has 2 rings (SSSR count). The standard InChI is InChI=1S/C11H8N4OS/c1-7-2-4-13-10(8(7)6-12)17-11-14-5-3-9(16)15-11/h2-5H,1H3,(H,14,15,16). The van der Waals surface area contributed by atoms with Gasteiger partial charge in [0.15, 0.2) is 5.16 Å². The second-order valence-corrected chi connectivity index (χ2v) is 4.24. The molecule has 0 radical (unpaired) electrons. The summed E-state index contributed by atoms with van der Waals surface area (Å²) in [5.74, 6) is 0. The Labute approximate surface area is 102 Å². The number of H-pyrrole nitrogens is 1. The summed E-state index contributed by atoms with van der Waals surface area (Å²) in [5, 5.41) is 10.0. The van der Waals surface area contributed by atoms with E-state index in [1.54, 1.807) is 12.3 Å². The van der Waals surface area contributed by atoms with Gasteiger partial charge in [-0.2, -0.15) is 5.26 Å². The summed E-state index contributed by atoms with van der Waals surface area (Å²) >= 11 is 1.17. The number of nitriles is 1. The third-order valence-corrected chi connectivity index (χ3v) is 2.98. The Bertz CT molecular complexity index is 644. The molecule has 0 bridgehead atoms. The minimum Gasteiger partial charge on any atom is -0.301 e. The van der Waals surface area contributed by atoms with Gasteiger partial charge in [0.2, 0.25) is 0 Å². The highest BCUT2D eigenvalue weighted by Crippen LogP contribution is 2.26. The molecule has 0 saturated heterocycles. The van der Waals surface area contributed by atoms with Crippen molar-refractivity contribution in [2.24, 2.45) is 0 Å². The molecule has 84 valence electrons. The van der Waals surface area contributed by atoms with Crippen molar-refractivity contribution in [3.8, 4) is 6.07 Å². The van der Waals surface area contributed by atoms with Crippen LogP contribution >= 0.6 is 11.8 Å². The predicted molar refractivity (Wildman–Crippen MR) is 62.7 cm³/mol. The normalized spacial score (nSPS) is 9.88. The van der Waals surface area contributed by atoms with E-state index in [-0.39, 0.29) is 5.56 Å². The number of hydrogen-bond donors (Lipinski definition) is 1. The van der Waals surface area contributed by atoms with E-state index in [0.717, 1.165) is 5.56 Å². The molecule has 17 heavy (non-hydrogen) atoms. The van der Waals surface area contributed by atoms with Gasteiger partial charge in [0.25, 0.3) is 5.56 Å². The van der Waals surface area contributed by atoms with Crippen molar-refractivity contribution in [3.05, 3.63) is 46.0 Å². The smallest absolute Gasteiger partial charge is 0.251 e. The summed E-state index contributed by atoms with van der Waals surface area (Å²) in [4.78, 5) is 21.8. The Balaban J connectivity index is 2.41. The molecule has 0 saturated carbocycles. The van der Waals surface area contributed by atoms with Gasteiger partial charge in [-0.25, -0.2) is 9.97 Å². The Morgan fingerprint density at radius 1 is 1.35 bits per heavy atom. The minimum atomic E-state index is -0.228. The van der Waals surface area contributed by atoms with Crippen molar-refractivity contribution in [2.45, 2.75) is 17.1 Å². The summed E-state index contributed by atoms with van der Waals surface area (Å²) in [7, 11) is 0. The van der Waals surface area contributed by atoms with Gasteiger partial charge < -0.3 is 4.98 Å². The summed E-state index contributed by atoms with van der Waals surface area (Å²) < 4.78 is 0. The van der Waals surface area contributed by atoms with Crippen molar-refractivity contribution in [3.63, 3.8) is 0 Å². The molecule has 2 aromatic rings. The number of aryl methyl sites for hydroxylation is 1. The van der Waals surface area contributed by atoms with Gasteiger partial charge in [-0.3, -0.25) is 4.79 Å². The van der Waals surface area contributed by atoms with Crippen LogP contribution in [0.1, 0.15) is 11.1 Å². The molecular formula is C11H8N4OS. The molecule has 0 aliphatic carbocycles. The fourth-order valence-corrected chi connectivity index (χ4v) is 2.11. The molecule has 0 aliphatic rings. The average molecular weight is 244 g/mol. The molecule has 1 N–H and O–H groups in total. The number of aromatic nitrogens is 3. The summed E-state index contributed by atoms with van der Waals surface area (Å²) in [6, 6.07) is 5.20. The largest absolute Gasteiger partial charge is 0.301 e. The van der Waals surface area contributed by atoms with Gasteiger partial charge >= 0.3 is 0 Å². The van der Waals surface area contributed by atoms with E-state index in [2.05, 4.69) is 21.0 Å². The number of rotatable bonds is 2. The maximum atomic E-state index is 11.1. The summed E-state index contributed by atoms with van der Waals surface area (Å²) in [6.45, 7) is 1.84. The van der Waals surface area contributed by atoms with Crippen LogP contribution in [0.2, 0.25) is 0 Å². The molecule has 0 fully saturated rings. The van der Waals surface area contributed by atoms with Crippen LogP contribution in [0.5, 0.6) is 0 Å². The van der Waals surface area contributed by atoms with Gasteiger partial charge in [-0.1, -0.05) is 0 Å². The van der Waals surface area contributed by atoms with Crippen molar-refractivity contribution in [1.29, 1.82) is 5.26 Å². The van der Waals surface area contributed by atoms with E-state index < -0.39 is 0 Å². The zero-order chi connectivity index (χ0) is 12.3. The van der Waals surface area contributed by atoms with Crippen LogP contribution in [0.4, 0.5) is 0 Å². The first-order valence-corrected chi connectivity index (χ1v) is 5.61. The van der Waals surface area contributed by atoms with E-state index >= 15 is 0 Å². The number of nitrogens with zero attached hydrogens (tertiary/aromatic N) is 3. The summed E-state index contributed by atoms with van der Waals surface area (Å²) in [5.41, 5.74) is 1.13. The van der Waals surface area contributed by atoms with Gasteiger partial charge in [-0.15, -0.1) is 0 Å². The van der Waals surface area contributed by atoms with Crippen molar-refractivity contribution in [1.82, 2.24) is 15.0 Å². The maximum absolute atomic E-state index is 11.1. The van der Waals surface area contributed by atoms with Crippen LogP contribution in [0.25, 0.3) is 0 Å². The van der Waals surface area contributed by atoms with Crippen molar-refractivity contribution >= 4 is 11.8 Å². The van der Waals surface area contributed by atoms with Gasteiger partial charge in [0, 0.05) is 18.5 Å². The number of aromatic amines is 1. The van der Waals surface area contributed by atoms with Gasteiger partial charge in [-0.05, 0) is 30.3 Å². The molecule has 2 aromatic heterocycles. The molecule has 0 aromatic carbocycles. The Morgan fingerprint density at radius 3 is 2.82 bits per heavy atom. The van der Waals surface area contributed by atoms with E-state index in [9.17, 15) is 4.79 Å². The fourth-order valence-electron chi connectivity index (χ4n) is 1.24. The number of pyridine rings is 1. The fraction of sp³-hybridized carbons (Fsp3) is 0.0909. The second kappa shape index (κ2) is 4.80.